The normalized spacial score (nSPS) is 18.6. The van der Waals surface area contributed by atoms with E-state index in [1.807, 2.05) is 0 Å². The molecule has 10 heteroatoms. The van der Waals surface area contributed by atoms with Crippen LogP contribution in [0.5, 0.6) is 5.75 Å². The van der Waals surface area contributed by atoms with E-state index in [1.54, 1.807) is 25.3 Å². The summed E-state index contributed by atoms with van der Waals surface area (Å²) < 4.78 is 15.7. The highest BCUT2D eigenvalue weighted by Gasteiger charge is 2.26. The summed E-state index contributed by atoms with van der Waals surface area (Å²) in [5, 5.41) is 12.5. The van der Waals surface area contributed by atoms with Gasteiger partial charge in [0.1, 0.15) is 18.1 Å². The molecule has 9 nitrogen and oxygen atoms in total. The van der Waals surface area contributed by atoms with Crippen LogP contribution in [0.1, 0.15) is 46.5 Å². The minimum atomic E-state index is -0.497. The van der Waals surface area contributed by atoms with E-state index in [0.717, 1.165) is 25.7 Å². The van der Waals surface area contributed by atoms with Crippen LogP contribution in [0.2, 0.25) is 5.02 Å². The largest absolute Gasteiger partial charge is 0.496 e. The summed E-state index contributed by atoms with van der Waals surface area (Å²) in [5.41, 5.74) is 0.548. The number of nitrogens with zero attached hydrogens (tertiary/aromatic N) is 1. The lowest BCUT2D eigenvalue weighted by Gasteiger charge is -2.28. The minimum absolute atomic E-state index is 0.0174. The van der Waals surface area contributed by atoms with Crippen LogP contribution >= 0.6 is 11.6 Å². The Kier molecular flexibility index (Phi) is 7.67. The third-order valence-electron chi connectivity index (χ3n) is 4.96. The molecular weight excluding hydrogens is 412 g/mol. The molecule has 1 saturated carbocycles. The minimum Gasteiger partial charge on any atom is -0.496 e. The maximum absolute atomic E-state index is 12.7. The topological polar surface area (TPSA) is 115 Å². The molecule has 3 rings (SSSR count). The van der Waals surface area contributed by atoms with Crippen LogP contribution in [0.25, 0.3) is 0 Å². The van der Waals surface area contributed by atoms with Gasteiger partial charge in [-0.1, -0.05) is 17.7 Å². The van der Waals surface area contributed by atoms with Crippen LogP contribution < -0.4 is 15.4 Å². The van der Waals surface area contributed by atoms with Crippen molar-refractivity contribution in [3.63, 3.8) is 0 Å². The number of nitrogens with one attached hydrogen (secondary N) is 3. The second-order valence-corrected chi connectivity index (χ2v) is 7.35. The Morgan fingerprint density at radius 1 is 1.20 bits per heavy atom. The van der Waals surface area contributed by atoms with Gasteiger partial charge in [-0.15, -0.1) is 0 Å². The Hall–Kier alpha value is -2.62. The van der Waals surface area contributed by atoms with Gasteiger partial charge >= 0.3 is 0 Å². The quantitative estimate of drug-likeness (QED) is 0.548. The van der Waals surface area contributed by atoms with Crippen molar-refractivity contribution in [1.29, 1.82) is 0 Å². The molecule has 1 aromatic carbocycles. The fraction of sp³-hybridized carbons (Fsp3) is 0.450. The van der Waals surface area contributed by atoms with Crippen LogP contribution in [0.15, 0.2) is 24.4 Å². The zero-order valence-electron chi connectivity index (χ0n) is 16.9. The Balaban J connectivity index is 1.62. The molecule has 162 valence electrons. The first-order valence-corrected chi connectivity index (χ1v) is 10.00. The standard InChI is InChI=1S/C20H25ClN4O5/c1-28-11-30-13-8-6-12(7-9-13)23-20(27)18-15(10-22-25-18)24-19(26)17-14(21)4-3-5-16(17)29-2/h3-5,10,12-13H,6-9,11H2,1-2H3,(H,22,25)(H,23,27)(H,24,26). The molecular formula is C20H25ClN4O5. The van der Waals surface area contributed by atoms with E-state index >= 15 is 0 Å². The fourth-order valence-corrected chi connectivity index (χ4v) is 3.68. The van der Waals surface area contributed by atoms with Crippen molar-refractivity contribution in [2.75, 3.05) is 26.3 Å². The number of amides is 2. The number of ether oxygens (including phenoxy) is 3. The van der Waals surface area contributed by atoms with E-state index in [4.69, 9.17) is 25.8 Å². The van der Waals surface area contributed by atoms with E-state index < -0.39 is 5.91 Å². The van der Waals surface area contributed by atoms with Gasteiger partial charge in [-0.3, -0.25) is 14.7 Å². The molecule has 0 atom stereocenters. The molecule has 0 spiro atoms. The van der Waals surface area contributed by atoms with E-state index in [1.165, 1.54) is 13.3 Å². The van der Waals surface area contributed by atoms with Crippen LogP contribution in [-0.4, -0.2) is 55.2 Å². The molecule has 1 aliphatic carbocycles. The molecule has 3 N–H and O–H groups in total. The van der Waals surface area contributed by atoms with Crippen LogP contribution in [0.3, 0.4) is 0 Å². The van der Waals surface area contributed by atoms with Crippen LogP contribution in [0.4, 0.5) is 5.69 Å². The second kappa shape index (κ2) is 10.4. The number of H-pyrrole nitrogens is 1. The van der Waals surface area contributed by atoms with Gasteiger partial charge in [0.05, 0.1) is 23.9 Å². The van der Waals surface area contributed by atoms with Gasteiger partial charge in [-0.2, -0.15) is 5.10 Å². The lowest BCUT2D eigenvalue weighted by molar-refractivity contribution is -0.0837. The highest BCUT2D eigenvalue weighted by Crippen LogP contribution is 2.28. The Bertz CT molecular complexity index is 880. The predicted molar refractivity (Wildman–Crippen MR) is 111 cm³/mol. The molecule has 0 radical (unpaired) electrons. The average molecular weight is 437 g/mol. The first-order valence-electron chi connectivity index (χ1n) is 9.62. The van der Waals surface area contributed by atoms with Gasteiger partial charge in [0.15, 0.2) is 5.69 Å². The molecule has 2 aromatic rings. The van der Waals surface area contributed by atoms with Gasteiger partial charge in [-0.05, 0) is 37.8 Å². The molecule has 1 fully saturated rings. The van der Waals surface area contributed by atoms with Crippen molar-refractivity contribution in [3.05, 3.63) is 40.7 Å². The molecule has 1 aliphatic rings. The van der Waals surface area contributed by atoms with Gasteiger partial charge < -0.3 is 24.8 Å². The number of aromatic nitrogens is 2. The summed E-state index contributed by atoms with van der Waals surface area (Å²) in [6.45, 7) is 0.272. The molecule has 0 aliphatic heterocycles. The highest BCUT2D eigenvalue weighted by molar-refractivity contribution is 6.35. The molecule has 2 amide bonds. The number of halogens is 1. The number of hydrogen-bond acceptors (Lipinski definition) is 6. The van der Waals surface area contributed by atoms with Crippen molar-refractivity contribution in [3.8, 4) is 5.75 Å². The number of aromatic amines is 1. The number of rotatable bonds is 8. The van der Waals surface area contributed by atoms with E-state index in [2.05, 4.69) is 20.8 Å². The van der Waals surface area contributed by atoms with Crippen LogP contribution in [-0.2, 0) is 9.47 Å². The van der Waals surface area contributed by atoms with E-state index in [0.29, 0.717) is 5.75 Å². The van der Waals surface area contributed by atoms with Crippen LogP contribution in [0, 0.1) is 0 Å². The Labute approximate surface area is 179 Å². The number of carbonyl (C=O) groups excluding carboxylic acids is 2. The lowest BCUT2D eigenvalue weighted by Crippen LogP contribution is -2.39. The number of anilines is 1. The van der Waals surface area contributed by atoms with Crippen molar-refractivity contribution < 1.29 is 23.8 Å². The molecule has 1 heterocycles. The summed E-state index contributed by atoms with van der Waals surface area (Å²) in [4.78, 5) is 25.4. The molecule has 0 unspecified atom stereocenters. The van der Waals surface area contributed by atoms with E-state index in [9.17, 15) is 9.59 Å². The van der Waals surface area contributed by atoms with Crippen molar-refractivity contribution in [2.24, 2.45) is 0 Å². The van der Waals surface area contributed by atoms with E-state index in [-0.39, 0.29) is 46.8 Å². The van der Waals surface area contributed by atoms with Crippen molar-refractivity contribution >= 4 is 29.1 Å². The van der Waals surface area contributed by atoms with Crippen molar-refractivity contribution in [2.45, 2.75) is 37.8 Å². The summed E-state index contributed by atoms with van der Waals surface area (Å²) in [6.07, 6.45) is 4.86. The number of benzene rings is 1. The number of hydrogen-bond donors (Lipinski definition) is 3. The first kappa shape index (κ1) is 22.1. The zero-order valence-corrected chi connectivity index (χ0v) is 17.6. The summed E-state index contributed by atoms with van der Waals surface area (Å²) >= 11 is 6.16. The first-order chi connectivity index (χ1) is 14.5. The summed E-state index contributed by atoms with van der Waals surface area (Å²) in [7, 11) is 3.04. The zero-order chi connectivity index (χ0) is 21.5. The van der Waals surface area contributed by atoms with Gasteiger partial charge in [0.2, 0.25) is 0 Å². The summed E-state index contributed by atoms with van der Waals surface area (Å²) in [6, 6.07) is 4.93. The lowest BCUT2D eigenvalue weighted by atomic mass is 9.93. The average Bonchev–Trinajstić information content (AvgIpc) is 3.21. The van der Waals surface area contributed by atoms with Crippen molar-refractivity contribution in [1.82, 2.24) is 15.5 Å². The maximum Gasteiger partial charge on any atom is 0.274 e. The number of carbonyl (C=O) groups is 2. The highest BCUT2D eigenvalue weighted by atomic mass is 35.5. The molecule has 0 saturated heterocycles. The van der Waals surface area contributed by atoms with Gasteiger partial charge in [0, 0.05) is 19.3 Å². The fourth-order valence-electron chi connectivity index (χ4n) is 3.43. The third-order valence-corrected chi connectivity index (χ3v) is 5.27. The van der Waals surface area contributed by atoms with Gasteiger partial charge in [-0.25, -0.2) is 0 Å². The maximum atomic E-state index is 12.7. The third kappa shape index (κ3) is 5.29. The van der Waals surface area contributed by atoms with Gasteiger partial charge in [0.25, 0.3) is 11.8 Å². The molecule has 0 bridgehead atoms. The molecule has 1 aromatic heterocycles. The summed E-state index contributed by atoms with van der Waals surface area (Å²) in [5.74, 6) is -0.524. The number of methoxy groups -OCH3 is 2. The monoisotopic (exact) mass is 436 g/mol. The Morgan fingerprint density at radius 2 is 1.97 bits per heavy atom. The molecule has 30 heavy (non-hydrogen) atoms. The SMILES string of the molecule is COCOC1CCC(NC(=O)c2n[nH]cc2NC(=O)c2c(Cl)cccc2OC)CC1. The smallest absolute Gasteiger partial charge is 0.274 e. The Morgan fingerprint density at radius 3 is 2.67 bits per heavy atom. The second-order valence-electron chi connectivity index (χ2n) is 6.94. The predicted octanol–water partition coefficient (Wildman–Crippen LogP) is 2.99.